The van der Waals surface area contributed by atoms with E-state index in [4.69, 9.17) is 0 Å². The number of hydrogen-bond acceptors (Lipinski definition) is 3. The van der Waals surface area contributed by atoms with Gasteiger partial charge >= 0.3 is 0 Å². The Morgan fingerprint density at radius 2 is 2.29 bits per heavy atom. The molecule has 0 bridgehead atoms. The quantitative estimate of drug-likeness (QED) is 0.783. The standard InChI is InChI=1S/C10H15N3O/c1-8(2)3-4-13-10(14)9-7-11-5-6-12-9/h5-8H,3-4H2,1-2H3,(H,13,14). The van der Waals surface area contributed by atoms with Gasteiger partial charge in [0.05, 0.1) is 6.20 Å². The van der Waals surface area contributed by atoms with Gasteiger partial charge in [-0.15, -0.1) is 0 Å². The Morgan fingerprint density at radius 1 is 1.50 bits per heavy atom. The van der Waals surface area contributed by atoms with E-state index in [9.17, 15) is 4.79 Å². The van der Waals surface area contributed by atoms with E-state index in [1.807, 2.05) is 0 Å². The van der Waals surface area contributed by atoms with Crippen molar-refractivity contribution in [2.75, 3.05) is 6.54 Å². The van der Waals surface area contributed by atoms with Gasteiger partial charge in [-0.3, -0.25) is 9.78 Å². The second kappa shape index (κ2) is 5.32. The molecule has 0 saturated heterocycles. The summed E-state index contributed by atoms with van der Waals surface area (Å²) in [6, 6.07) is 0. The molecule has 4 heteroatoms. The molecule has 0 aliphatic heterocycles. The fourth-order valence-electron chi connectivity index (χ4n) is 0.981. The van der Waals surface area contributed by atoms with Crippen molar-refractivity contribution in [1.82, 2.24) is 15.3 Å². The zero-order valence-corrected chi connectivity index (χ0v) is 8.53. The highest BCUT2D eigenvalue weighted by Crippen LogP contribution is 1.97. The minimum Gasteiger partial charge on any atom is -0.351 e. The minimum absolute atomic E-state index is 0.154. The summed E-state index contributed by atoms with van der Waals surface area (Å²) in [4.78, 5) is 19.1. The van der Waals surface area contributed by atoms with Crippen molar-refractivity contribution in [1.29, 1.82) is 0 Å². The van der Waals surface area contributed by atoms with Crippen LogP contribution >= 0.6 is 0 Å². The maximum absolute atomic E-state index is 11.4. The van der Waals surface area contributed by atoms with Crippen molar-refractivity contribution in [3.05, 3.63) is 24.3 Å². The molecule has 0 unspecified atom stereocenters. The van der Waals surface area contributed by atoms with Crippen LogP contribution in [0.5, 0.6) is 0 Å². The zero-order chi connectivity index (χ0) is 10.4. The molecule has 0 aliphatic carbocycles. The molecule has 76 valence electrons. The Morgan fingerprint density at radius 3 is 2.86 bits per heavy atom. The highest BCUT2D eigenvalue weighted by molar-refractivity contribution is 5.91. The minimum atomic E-state index is -0.154. The van der Waals surface area contributed by atoms with Gasteiger partial charge in [0.1, 0.15) is 5.69 Å². The first-order valence-electron chi connectivity index (χ1n) is 4.74. The molecule has 0 spiro atoms. The predicted molar refractivity (Wildman–Crippen MR) is 53.8 cm³/mol. The number of nitrogens with zero attached hydrogens (tertiary/aromatic N) is 2. The molecule has 0 atom stereocenters. The number of nitrogens with one attached hydrogen (secondary N) is 1. The predicted octanol–water partition coefficient (Wildman–Crippen LogP) is 1.25. The molecule has 0 radical (unpaired) electrons. The Balaban J connectivity index is 2.36. The molecular weight excluding hydrogens is 178 g/mol. The summed E-state index contributed by atoms with van der Waals surface area (Å²) in [6.07, 6.45) is 5.50. The molecule has 0 saturated carbocycles. The summed E-state index contributed by atoms with van der Waals surface area (Å²) in [5, 5.41) is 2.79. The van der Waals surface area contributed by atoms with Crippen LogP contribution in [0.4, 0.5) is 0 Å². The molecule has 1 amide bonds. The van der Waals surface area contributed by atoms with Gasteiger partial charge in [-0.05, 0) is 12.3 Å². The van der Waals surface area contributed by atoms with Crippen LogP contribution < -0.4 is 5.32 Å². The molecule has 14 heavy (non-hydrogen) atoms. The van der Waals surface area contributed by atoms with Crippen LogP contribution in [-0.2, 0) is 0 Å². The van der Waals surface area contributed by atoms with Gasteiger partial charge in [-0.1, -0.05) is 13.8 Å². The van der Waals surface area contributed by atoms with E-state index < -0.39 is 0 Å². The molecule has 1 rings (SSSR count). The van der Waals surface area contributed by atoms with E-state index in [1.54, 1.807) is 6.20 Å². The van der Waals surface area contributed by atoms with E-state index in [1.165, 1.54) is 12.4 Å². The van der Waals surface area contributed by atoms with E-state index in [2.05, 4.69) is 29.1 Å². The van der Waals surface area contributed by atoms with E-state index in [-0.39, 0.29) is 5.91 Å². The Hall–Kier alpha value is -1.45. The van der Waals surface area contributed by atoms with Crippen molar-refractivity contribution in [3.8, 4) is 0 Å². The van der Waals surface area contributed by atoms with Crippen molar-refractivity contribution >= 4 is 5.91 Å². The Bertz CT molecular complexity index is 285. The summed E-state index contributed by atoms with van der Waals surface area (Å²) in [5.41, 5.74) is 0.372. The van der Waals surface area contributed by atoms with Crippen LogP contribution in [-0.4, -0.2) is 22.4 Å². The fraction of sp³-hybridized carbons (Fsp3) is 0.500. The van der Waals surface area contributed by atoms with Gasteiger partial charge in [-0.2, -0.15) is 0 Å². The smallest absolute Gasteiger partial charge is 0.271 e. The molecule has 1 N–H and O–H groups in total. The number of carbonyl (C=O) groups excluding carboxylic acids is 1. The highest BCUT2D eigenvalue weighted by Gasteiger charge is 2.05. The topological polar surface area (TPSA) is 54.9 Å². The van der Waals surface area contributed by atoms with Crippen molar-refractivity contribution in [3.63, 3.8) is 0 Å². The van der Waals surface area contributed by atoms with Crippen LogP contribution in [0, 0.1) is 5.92 Å². The maximum Gasteiger partial charge on any atom is 0.271 e. The van der Waals surface area contributed by atoms with Gasteiger partial charge in [0.2, 0.25) is 0 Å². The van der Waals surface area contributed by atoms with Gasteiger partial charge in [0.15, 0.2) is 0 Å². The average molecular weight is 193 g/mol. The lowest BCUT2D eigenvalue weighted by atomic mass is 10.1. The van der Waals surface area contributed by atoms with Crippen LogP contribution in [0.2, 0.25) is 0 Å². The van der Waals surface area contributed by atoms with E-state index >= 15 is 0 Å². The number of hydrogen-bond donors (Lipinski definition) is 1. The van der Waals surface area contributed by atoms with Crippen LogP contribution in [0.25, 0.3) is 0 Å². The second-order valence-corrected chi connectivity index (χ2v) is 3.53. The molecule has 0 aromatic carbocycles. The van der Waals surface area contributed by atoms with Crippen molar-refractivity contribution in [2.24, 2.45) is 5.92 Å². The van der Waals surface area contributed by atoms with Gasteiger partial charge in [0.25, 0.3) is 5.91 Å². The Kier molecular flexibility index (Phi) is 4.04. The van der Waals surface area contributed by atoms with Gasteiger partial charge in [-0.25, -0.2) is 4.98 Å². The molecule has 0 aliphatic rings. The monoisotopic (exact) mass is 193 g/mol. The third-order valence-electron chi connectivity index (χ3n) is 1.80. The normalized spacial score (nSPS) is 10.2. The molecule has 4 nitrogen and oxygen atoms in total. The average Bonchev–Trinajstić information content (AvgIpc) is 2.18. The third-order valence-corrected chi connectivity index (χ3v) is 1.80. The summed E-state index contributed by atoms with van der Waals surface area (Å²) in [5.74, 6) is 0.441. The lowest BCUT2D eigenvalue weighted by Crippen LogP contribution is -2.26. The van der Waals surface area contributed by atoms with Crippen molar-refractivity contribution in [2.45, 2.75) is 20.3 Å². The number of rotatable bonds is 4. The highest BCUT2D eigenvalue weighted by atomic mass is 16.1. The molecule has 1 aromatic rings. The molecular formula is C10H15N3O. The summed E-state index contributed by atoms with van der Waals surface area (Å²) >= 11 is 0. The van der Waals surface area contributed by atoms with E-state index in [0.29, 0.717) is 18.2 Å². The number of aromatic nitrogens is 2. The summed E-state index contributed by atoms with van der Waals surface area (Å²) in [6.45, 7) is 4.93. The number of carbonyl (C=O) groups is 1. The van der Waals surface area contributed by atoms with Gasteiger partial charge in [0, 0.05) is 18.9 Å². The fourth-order valence-corrected chi connectivity index (χ4v) is 0.981. The first kappa shape index (κ1) is 10.6. The lowest BCUT2D eigenvalue weighted by Gasteiger charge is -2.05. The summed E-state index contributed by atoms with van der Waals surface area (Å²) in [7, 11) is 0. The van der Waals surface area contributed by atoms with Crippen molar-refractivity contribution < 1.29 is 4.79 Å². The first-order valence-corrected chi connectivity index (χ1v) is 4.74. The van der Waals surface area contributed by atoms with Crippen LogP contribution in [0.3, 0.4) is 0 Å². The lowest BCUT2D eigenvalue weighted by molar-refractivity contribution is 0.0946. The van der Waals surface area contributed by atoms with Crippen LogP contribution in [0.1, 0.15) is 30.8 Å². The largest absolute Gasteiger partial charge is 0.351 e. The van der Waals surface area contributed by atoms with E-state index in [0.717, 1.165) is 6.42 Å². The third kappa shape index (κ3) is 3.51. The molecule has 1 heterocycles. The Labute approximate surface area is 83.8 Å². The van der Waals surface area contributed by atoms with Gasteiger partial charge < -0.3 is 5.32 Å². The maximum atomic E-state index is 11.4. The SMILES string of the molecule is CC(C)CCNC(=O)c1cnccn1. The summed E-state index contributed by atoms with van der Waals surface area (Å²) < 4.78 is 0. The molecule has 0 fully saturated rings. The zero-order valence-electron chi connectivity index (χ0n) is 8.53. The first-order chi connectivity index (χ1) is 6.70. The second-order valence-electron chi connectivity index (χ2n) is 3.53. The number of amides is 1. The molecule has 1 aromatic heterocycles. The van der Waals surface area contributed by atoms with Crippen LogP contribution in [0.15, 0.2) is 18.6 Å².